The second kappa shape index (κ2) is 5.72. The van der Waals surface area contributed by atoms with E-state index in [0.29, 0.717) is 18.9 Å². The summed E-state index contributed by atoms with van der Waals surface area (Å²) in [5.41, 5.74) is 0. The number of amides is 1. The highest BCUT2D eigenvalue weighted by Gasteiger charge is 2.42. The second-order valence-corrected chi connectivity index (χ2v) is 6.28. The van der Waals surface area contributed by atoms with Crippen molar-refractivity contribution in [3.8, 4) is 0 Å². The molecule has 0 heterocycles. The quantitative estimate of drug-likeness (QED) is 0.789. The third-order valence-corrected chi connectivity index (χ3v) is 4.55. The Bertz CT molecular complexity index is 303. The molecule has 1 N–H and O–H groups in total. The van der Waals surface area contributed by atoms with Crippen LogP contribution in [0.1, 0.15) is 44.9 Å². The van der Waals surface area contributed by atoms with Crippen LogP contribution in [-0.2, 0) is 4.79 Å². The Morgan fingerprint density at radius 1 is 1.22 bits per heavy atom. The Balaban J connectivity index is 1.69. The zero-order valence-electron chi connectivity index (χ0n) is 10.4. The van der Waals surface area contributed by atoms with Gasteiger partial charge in [0.25, 0.3) is 0 Å². The summed E-state index contributed by atoms with van der Waals surface area (Å²) in [6.45, 7) is 0.616. The summed E-state index contributed by atoms with van der Waals surface area (Å²) in [4.78, 5) is 11.8. The van der Waals surface area contributed by atoms with E-state index < -0.39 is 11.8 Å². The largest absolute Gasteiger partial charge is 0.356 e. The number of hydrogen-bond donors (Lipinski definition) is 1. The monoisotopic (exact) mass is 279 g/mol. The van der Waals surface area contributed by atoms with Crippen molar-refractivity contribution in [2.24, 2.45) is 11.8 Å². The summed E-state index contributed by atoms with van der Waals surface area (Å²) in [5.74, 6) is -2.87. The molecule has 1 atom stereocenters. The lowest BCUT2D eigenvalue weighted by Crippen LogP contribution is -2.35. The first-order valence-electron chi connectivity index (χ1n) is 6.76. The SMILES string of the molecule is O=C(NCC1CCC(Cl)CC1)C1CCC(F)(F)C1. The fraction of sp³-hybridized carbons (Fsp3) is 0.923. The smallest absolute Gasteiger partial charge is 0.248 e. The van der Waals surface area contributed by atoms with Crippen molar-refractivity contribution in [3.05, 3.63) is 0 Å². The summed E-state index contributed by atoms with van der Waals surface area (Å²) < 4.78 is 26.0. The predicted molar refractivity (Wildman–Crippen MR) is 66.9 cm³/mol. The first-order valence-corrected chi connectivity index (χ1v) is 7.19. The fourth-order valence-electron chi connectivity index (χ4n) is 2.89. The zero-order chi connectivity index (χ0) is 13.2. The van der Waals surface area contributed by atoms with Crippen molar-refractivity contribution in [1.82, 2.24) is 5.32 Å². The van der Waals surface area contributed by atoms with Gasteiger partial charge in [0.1, 0.15) is 0 Å². The van der Waals surface area contributed by atoms with Gasteiger partial charge in [0.05, 0.1) is 0 Å². The molecular weight excluding hydrogens is 260 g/mol. The van der Waals surface area contributed by atoms with Gasteiger partial charge in [-0.25, -0.2) is 8.78 Å². The average Bonchev–Trinajstić information content (AvgIpc) is 2.69. The highest BCUT2D eigenvalue weighted by atomic mass is 35.5. The first-order chi connectivity index (χ1) is 8.46. The molecule has 0 bridgehead atoms. The molecule has 0 aromatic rings. The molecule has 0 spiro atoms. The molecule has 1 amide bonds. The Kier molecular flexibility index (Phi) is 4.46. The van der Waals surface area contributed by atoms with Crippen molar-refractivity contribution < 1.29 is 13.6 Å². The molecule has 18 heavy (non-hydrogen) atoms. The van der Waals surface area contributed by atoms with Gasteiger partial charge < -0.3 is 5.32 Å². The van der Waals surface area contributed by atoms with Crippen LogP contribution in [0.5, 0.6) is 0 Å². The average molecular weight is 280 g/mol. The van der Waals surface area contributed by atoms with Gasteiger partial charge >= 0.3 is 0 Å². The van der Waals surface area contributed by atoms with Crippen LogP contribution < -0.4 is 5.32 Å². The summed E-state index contributed by atoms with van der Waals surface area (Å²) >= 11 is 6.01. The molecule has 0 saturated heterocycles. The zero-order valence-corrected chi connectivity index (χ0v) is 11.2. The van der Waals surface area contributed by atoms with E-state index in [-0.39, 0.29) is 24.1 Å². The Labute approximate surface area is 111 Å². The van der Waals surface area contributed by atoms with Gasteiger partial charge in [-0.05, 0) is 38.0 Å². The molecular formula is C13H20ClF2NO. The first kappa shape index (κ1) is 14.0. The number of halogens is 3. The summed E-state index contributed by atoms with van der Waals surface area (Å²) in [6.07, 6.45) is 3.90. The number of carbonyl (C=O) groups is 1. The van der Waals surface area contributed by atoms with Crippen LogP contribution in [-0.4, -0.2) is 23.8 Å². The molecule has 1 unspecified atom stereocenters. The standard InChI is InChI=1S/C13H20ClF2NO/c14-11-3-1-9(2-4-11)8-17-12(18)10-5-6-13(15,16)7-10/h9-11H,1-8H2,(H,17,18). The Morgan fingerprint density at radius 3 is 2.44 bits per heavy atom. The molecule has 0 aromatic carbocycles. The molecule has 0 radical (unpaired) electrons. The lowest BCUT2D eigenvalue weighted by molar-refractivity contribution is -0.126. The van der Waals surface area contributed by atoms with Gasteiger partial charge in [-0.15, -0.1) is 11.6 Å². The van der Waals surface area contributed by atoms with Crippen molar-refractivity contribution in [2.45, 2.75) is 56.2 Å². The predicted octanol–water partition coefficient (Wildman–Crippen LogP) is 3.34. The normalized spacial score (nSPS) is 35.4. The second-order valence-electron chi connectivity index (χ2n) is 5.66. The summed E-state index contributed by atoms with van der Waals surface area (Å²) in [6, 6.07) is 0. The maximum absolute atomic E-state index is 13.0. The Morgan fingerprint density at radius 2 is 1.89 bits per heavy atom. The molecule has 5 heteroatoms. The van der Waals surface area contributed by atoms with Crippen LogP contribution in [0.4, 0.5) is 8.78 Å². The molecule has 0 aliphatic heterocycles. The Hall–Kier alpha value is -0.380. The third kappa shape index (κ3) is 3.81. The van der Waals surface area contributed by atoms with Crippen LogP contribution in [0, 0.1) is 11.8 Å². The van der Waals surface area contributed by atoms with E-state index in [1.807, 2.05) is 0 Å². The number of alkyl halides is 3. The van der Waals surface area contributed by atoms with Crippen LogP contribution in [0.15, 0.2) is 0 Å². The molecule has 2 nitrogen and oxygen atoms in total. The topological polar surface area (TPSA) is 29.1 Å². The number of nitrogens with one attached hydrogen (secondary N) is 1. The lowest BCUT2D eigenvalue weighted by atomic mass is 9.89. The maximum Gasteiger partial charge on any atom is 0.248 e. The molecule has 2 aliphatic carbocycles. The van der Waals surface area contributed by atoms with E-state index in [4.69, 9.17) is 11.6 Å². The van der Waals surface area contributed by atoms with Crippen molar-refractivity contribution in [2.75, 3.05) is 6.54 Å². The minimum atomic E-state index is -2.64. The van der Waals surface area contributed by atoms with Crippen molar-refractivity contribution in [1.29, 1.82) is 0 Å². The summed E-state index contributed by atoms with van der Waals surface area (Å²) in [5, 5.41) is 3.10. The van der Waals surface area contributed by atoms with E-state index in [9.17, 15) is 13.6 Å². The molecule has 0 aromatic heterocycles. The van der Waals surface area contributed by atoms with Gasteiger partial charge in [-0.3, -0.25) is 4.79 Å². The van der Waals surface area contributed by atoms with Crippen molar-refractivity contribution in [3.63, 3.8) is 0 Å². The van der Waals surface area contributed by atoms with E-state index in [1.165, 1.54) is 0 Å². The molecule has 2 rings (SSSR count). The molecule has 2 saturated carbocycles. The van der Waals surface area contributed by atoms with Gasteiger partial charge in [-0.1, -0.05) is 0 Å². The highest BCUT2D eigenvalue weighted by molar-refractivity contribution is 6.20. The van der Waals surface area contributed by atoms with Crippen molar-refractivity contribution >= 4 is 17.5 Å². The summed E-state index contributed by atoms with van der Waals surface area (Å²) in [7, 11) is 0. The van der Waals surface area contributed by atoms with E-state index in [2.05, 4.69) is 5.32 Å². The number of rotatable bonds is 3. The lowest BCUT2D eigenvalue weighted by Gasteiger charge is -2.25. The van der Waals surface area contributed by atoms with Gasteiger partial charge in [0.2, 0.25) is 11.8 Å². The van der Waals surface area contributed by atoms with Gasteiger partial charge in [0.15, 0.2) is 0 Å². The minimum Gasteiger partial charge on any atom is -0.356 e. The number of hydrogen-bond acceptors (Lipinski definition) is 1. The van der Waals surface area contributed by atoms with Crippen LogP contribution in [0.3, 0.4) is 0 Å². The van der Waals surface area contributed by atoms with E-state index >= 15 is 0 Å². The van der Waals surface area contributed by atoms with Crippen LogP contribution in [0.2, 0.25) is 0 Å². The molecule has 2 aliphatic rings. The molecule has 104 valence electrons. The van der Waals surface area contributed by atoms with Gasteiger partial charge in [-0.2, -0.15) is 0 Å². The minimum absolute atomic E-state index is 0.150. The van der Waals surface area contributed by atoms with E-state index in [0.717, 1.165) is 25.7 Å². The molecule has 2 fully saturated rings. The van der Waals surface area contributed by atoms with Crippen LogP contribution >= 0.6 is 11.6 Å². The highest BCUT2D eigenvalue weighted by Crippen LogP contribution is 2.38. The van der Waals surface area contributed by atoms with Crippen LogP contribution in [0.25, 0.3) is 0 Å². The maximum atomic E-state index is 13.0. The fourth-order valence-corrected chi connectivity index (χ4v) is 3.14. The van der Waals surface area contributed by atoms with Gasteiger partial charge in [0, 0.05) is 30.7 Å². The number of carbonyl (C=O) groups excluding carboxylic acids is 1. The van der Waals surface area contributed by atoms with E-state index in [1.54, 1.807) is 0 Å². The third-order valence-electron chi connectivity index (χ3n) is 4.12.